The fourth-order valence-corrected chi connectivity index (χ4v) is 2.61. The number of hydrogen-bond acceptors (Lipinski definition) is 3. The standard InChI is InChI=1S/C21H17NO4/c23-19-11-6-14(13-20(24)25)12-18(19)22-21(26)17-9-7-16(8-10-17)15-4-2-1-3-5-15/h1-12,23H,13H2,(H,22,26)(H,24,25). The highest BCUT2D eigenvalue weighted by Gasteiger charge is 2.11. The van der Waals surface area contributed by atoms with Crippen molar-refractivity contribution in [1.82, 2.24) is 0 Å². The van der Waals surface area contributed by atoms with Crippen LogP contribution in [0, 0.1) is 0 Å². The summed E-state index contributed by atoms with van der Waals surface area (Å²) in [6, 6.07) is 21.3. The van der Waals surface area contributed by atoms with Crippen molar-refractivity contribution in [3.63, 3.8) is 0 Å². The van der Waals surface area contributed by atoms with Crippen molar-refractivity contribution in [2.75, 3.05) is 5.32 Å². The molecule has 3 aromatic carbocycles. The Labute approximate surface area is 150 Å². The highest BCUT2D eigenvalue weighted by molar-refractivity contribution is 6.05. The molecule has 1 amide bonds. The van der Waals surface area contributed by atoms with Gasteiger partial charge in [-0.25, -0.2) is 0 Å². The predicted octanol–water partition coefficient (Wildman–Crippen LogP) is 3.94. The van der Waals surface area contributed by atoms with Crippen LogP contribution in [0.25, 0.3) is 11.1 Å². The van der Waals surface area contributed by atoms with Gasteiger partial charge in [-0.05, 0) is 41.0 Å². The van der Waals surface area contributed by atoms with Crippen LogP contribution in [0.1, 0.15) is 15.9 Å². The fourth-order valence-electron chi connectivity index (χ4n) is 2.61. The molecule has 0 aliphatic rings. The van der Waals surface area contributed by atoms with E-state index < -0.39 is 5.97 Å². The summed E-state index contributed by atoms with van der Waals surface area (Å²) < 4.78 is 0. The van der Waals surface area contributed by atoms with Gasteiger partial charge in [0.1, 0.15) is 5.75 Å². The van der Waals surface area contributed by atoms with Crippen LogP contribution in [0.4, 0.5) is 5.69 Å². The van der Waals surface area contributed by atoms with Gasteiger partial charge in [0, 0.05) is 5.56 Å². The molecule has 0 saturated heterocycles. The van der Waals surface area contributed by atoms with E-state index in [1.54, 1.807) is 12.1 Å². The zero-order chi connectivity index (χ0) is 18.5. The van der Waals surface area contributed by atoms with Gasteiger partial charge < -0.3 is 15.5 Å². The van der Waals surface area contributed by atoms with Gasteiger partial charge in [0.05, 0.1) is 12.1 Å². The monoisotopic (exact) mass is 347 g/mol. The highest BCUT2D eigenvalue weighted by atomic mass is 16.4. The number of carbonyl (C=O) groups is 2. The zero-order valence-corrected chi connectivity index (χ0v) is 13.8. The molecule has 0 atom stereocenters. The van der Waals surface area contributed by atoms with Gasteiger partial charge in [-0.3, -0.25) is 9.59 Å². The number of phenolic OH excluding ortho intramolecular Hbond substituents is 1. The Balaban J connectivity index is 1.77. The largest absolute Gasteiger partial charge is 0.506 e. The summed E-state index contributed by atoms with van der Waals surface area (Å²) in [4.78, 5) is 23.2. The van der Waals surface area contributed by atoms with E-state index in [1.807, 2.05) is 42.5 Å². The molecule has 0 saturated carbocycles. The van der Waals surface area contributed by atoms with Gasteiger partial charge in [-0.2, -0.15) is 0 Å². The lowest BCUT2D eigenvalue weighted by Crippen LogP contribution is -2.12. The topological polar surface area (TPSA) is 86.6 Å². The first-order valence-electron chi connectivity index (χ1n) is 8.03. The first-order valence-corrected chi connectivity index (χ1v) is 8.03. The molecule has 5 heteroatoms. The molecule has 0 radical (unpaired) electrons. The summed E-state index contributed by atoms with van der Waals surface area (Å²) in [5.74, 6) is -1.48. The number of carboxylic acids is 1. The van der Waals surface area contributed by atoms with E-state index in [0.717, 1.165) is 11.1 Å². The van der Waals surface area contributed by atoms with E-state index in [-0.39, 0.29) is 23.8 Å². The van der Waals surface area contributed by atoms with Gasteiger partial charge in [0.25, 0.3) is 5.91 Å². The highest BCUT2D eigenvalue weighted by Crippen LogP contribution is 2.26. The van der Waals surface area contributed by atoms with E-state index in [0.29, 0.717) is 11.1 Å². The molecular formula is C21H17NO4. The van der Waals surface area contributed by atoms with Crippen LogP contribution in [0.15, 0.2) is 72.8 Å². The van der Waals surface area contributed by atoms with Crippen LogP contribution in [-0.4, -0.2) is 22.1 Å². The molecule has 0 spiro atoms. The van der Waals surface area contributed by atoms with Crippen LogP contribution < -0.4 is 5.32 Å². The Morgan fingerprint density at radius 2 is 1.50 bits per heavy atom. The van der Waals surface area contributed by atoms with E-state index in [9.17, 15) is 14.7 Å². The van der Waals surface area contributed by atoms with Gasteiger partial charge in [0.2, 0.25) is 0 Å². The summed E-state index contributed by atoms with van der Waals surface area (Å²) >= 11 is 0. The number of aromatic hydroxyl groups is 1. The van der Waals surface area contributed by atoms with Gasteiger partial charge in [-0.15, -0.1) is 0 Å². The van der Waals surface area contributed by atoms with Crippen molar-refractivity contribution in [1.29, 1.82) is 0 Å². The third-order valence-electron chi connectivity index (χ3n) is 3.92. The van der Waals surface area contributed by atoms with E-state index in [4.69, 9.17) is 5.11 Å². The van der Waals surface area contributed by atoms with Crippen molar-refractivity contribution >= 4 is 17.6 Å². The zero-order valence-electron chi connectivity index (χ0n) is 13.8. The third kappa shape index (κ3) is 4.08. The average Bonchev–Trinajstić information content (AvgIpc) is 2.65. The molecule has 0 heterocycles. The van der Waals surface area contributed by atoms with Gasteiger partial charge >= 0.3 is 5.97 Å². The third-order valence-corrected chi connectivity index (χ3v) is 3.92. The molecule has 0 aliphatic heterocycles. The number of aliphatic carboxylic acids is 1. The lowest BCUT2D eigenvalue weighted by molar-refractivity contribution is -0.136. The lowest BCUT2D eigenvalue weighted by atomic mass is 10.0. The summed E-state index contributed by atoms with van der Waals surface area (Å²) in [6.45, 7) is 0. The second-order valence-electron chi connectivity index (χ2n) is 5.82. The van der Waals surface area contributed by atoms with Crippen molar-refractivity contribution in [2.45, 2.75) is 6.42 Å². The van der Waals surface area contributed by atoms with Crippen molar-refractivity contribution in [2.24, 2.45) is 0 Å². The Morgan fingerprint density at radius 3 is 2.15 bits per heavy atom. The van der Waals surface area contributed by atoms with Gasteiger partial charge in [0.15, 0.2) is 0 Å². The molecule has 3 N–H and O–H groups in total. The number of amides is 1. The minimum absolute atomic E-state index is 0.117. The number of hydrogen-bond donors (Lipinski definition) is 3. The lowest BCUT2D eigenvalue weighted by Gasteiger charge is -2.10. The Kier molecular flexibility index (Phi) is 4.99. The second kappa shape index (κ2) is 7.53. The van der Waals surface area contributed by atoms with Crippen LogP contribution in [-0.2, 0) is 11.2 Å². The first kappa shape index (κ1) is 17.2. The average molecular weight is 347 g/mol. The number of phenols is 1. The van der Waals surface area contributed by atoms with E-state index in [1.165, 1.54) is 18.2 Å². The van der Waals surface area contributed by atoms with Crippen LogP contribution in [0.5, 0.6) is 5.75 Å². The first-order chi connectivity index (χ1) is 12.5. The quantitative estimate of drug-likeness (QED) is 0.610. The molecule has 3 rings (SSSR count). The fraction of sp³-hybridized carbons (Fsp3) is 0.0476. The molecule has 0 aromatic heterocycles. The molecule has 0 aliphatic carbocycles. The minimum atomic E-state index is -0.982. The number of anilines is 1. The second-order valence-corrected chi connectivity index (χ2v) is 5.82. The normalized spacial score (nSPS) is 10.3. The van der Waals surface area contributed by atoms with Crippen molar-refractivity contribution in [3.05, 3.63) is 83.9 Å². The summed E-state index contributed by atoms with van der Waals surface area (Å²) in [6.07, 6.45) is -0.186. The van der Waals surface area contributed by atoms with Crippen LogP contribution in [0.3, 0.4) is 0 Å². The van der Waals surface area contributed by atoms with E-state index in [2.05, 4.69) is 5.32 Å². The molecule has 5 nitrogen and oxygen atoms in total. The van der Waals surface area contributed by atoms with Crippen LogP contribution in [0.2, 0.25) is 0 Å². The van der Waals surface area contributed by atoms with E-state index >= 15 is 0 Å². The maximum atomic E-state index is 12.4. The molecule has 0 fully saturated rings. The Hall–Kier alpha value is -3.60. The maximum absolute atomic E-state index is 12.4. The smallest absolute Gasteiger partial charge is 0.307 e. The number of carboxylic acid groups (broad SMARTS) is 1. The van der Waals surface area contributed by atoms with Crippen molar-refractivity contribution in [3.8, 4) is 16.9 Å². The van der Waals surface area contributed by atoms with Gasteiger partial charge in [-0.1, -0.05) is 48.5 Å². The maximum Gasteiger partial charge on any atom is 0.307 e. The van der Waals surface area contributed by atoms with Crippen molar-refractivity contribution < 1.29 is 19.8 Å². The SMILES string of the molecule is O=C(O)Cc1ccc(O)c(NC(=O)c2ccc(-c3ccccc3)cc2)c1. The molecule has 26 heavy (non-hydrogen) atoms. The molecule has 130 valence electrons. The number of carbonyl (C=O) groups excluding carboxylic acids is 1. The Morgan fingerprint density at radius 1 is 0.846 bits per heavy atom. The summed E-state index contributed by atoms with van der Waals surface area (Å²) in [5.41, 5.74) is 3.16. The molecule has 0 unspecified atom stereocenters. The molecule has 0 bridgehead atoms. The molecular weight excluding hydrogens is 330 g/mol. The number of rotatable bonds is 5. The molecule has 3 aromatic rings. The minimum Gasteiger partial charge on any atom is -0.506 e. The van der Waals surface area contributed by atoms with Crippen LogP contribution >= 0.6 is 0 Å². The number of nitrogens with one attached hydrogen (secondary N) is 1. The summed E-state index contributed by atoms with van der Waals surface area (Å²) in [5, 5.41) is 21.4. The number of benzene rings is 3. The summed E-state index contributed by atoms with van der Waals surface area (Å²) in [7, 11) is 0. The predicted molar refractivity (Wildman–Crippen MR) is 99.3 cm³/mol. The Bertz CT molecular complexity index is 934.